The van der Waals surface area contributed by atoms with E-state index in [0.717, 1.165) is 43.7 Å². The maximum Gasteiger partial charge on any atom is 0.354 e. The number of carbonyl (C=O) groups is 2. The average Bonchev–Trinajstić information content (AvgIpc) is 3.14. The molecule has 7 heteroatoms. The first-order valence-corrected chi connectivity index (χ1v) is 9.53. The van der Waals surface area contributed by atoms with Crippen LogP contribution in [0.2, 0.25) is 0 Å². The van der Waals surface area contributed by atoms with Gasteiger partial charge in [-0.25, -0.2) is 9.78 Å². The number of aromatic carboxylic acids is 1. The first kappa shape index (κ1) is 21.3. The highest BCUT2D eigenvalue weighted by molar-refractivity contribution is 5.87. The maximum absolute atomic E-state index is 10.9. The monoisotopic (exact) mass is 384 g/mol. The molecule has 0 radical (unpaired) electrons. The molecule has 0 aliphatic carbocycles. The van der Waals surface area contributed by atoms with Crippen LogP contribution in [0.5, 0.6) is 0 Å². The fourth-order valence-electron chi connectivity index (χ4n) is 3.32. The Morgan fingerprint density at radius 3 is 2.68 bits per heavy atom. The van der Waals surface area contributed by atoms with Gasteiger partial charge in [-0.05, 0) is 44.0 Å². The van der Waals surface area contributed by atoms with E-state index in [-0.39, 0.29) is 5.69 Å². The summed E-state index contributed by atoms with van der Waals surface area (Å²) in [5.41, 5.74) is 2.37. The molecule has 150 valence electrons. The van der Waals surface area contributed by atoms with Gasteiger partial charge in [0.05, 0.1) is 5.69 Å². The summed E-state index contributed by atoms with van der Waals surface area (Å²) in [5.74, 6) is -0.169. The molecule has 0 amide bonds. The van der Waals surface area contributed by atoms with Crippen molar-refractivity contribution in [3.8, 4) is 0 Å². The molecule has 1 fully saturated rings. The van der Waals surface area contributed by atoms with Gasteiger partial charge in [-0.15, -0.1) is 0 Å². The molecular weight excluding hydrogens is 356 g/mol. The van der Waals surface area contributed by atoms with Crippen molar-refractivity contribution in [1.82, 2.24) is 9.97 Å². The zero-order valence-corrected chi connectivity index (χ0v) is 16.7. The molecule has 2 aromatic heterocycles. The molecule has 4 rings (SSSR count). The maximum atomic E-state index is 10.9. The summed E-state index contributed by atoms with van der Waals surface area (Å²) in [7, 11) is 1.99. The van der Waals surface area contributed by atoms with Crippen LogP contribution in [0.25, 0.3) is 0 Å². The van der Waals surface area contributed by atoms with Crippen LogP contribution in [0, 0.1) is 0 Å². The predicted octanol–water partition coefficient (Wildman–Crippen LogP) is 3.05. The molecule has 2 aliphatic rings. The number of carboxylic acid groups (broad SMARTS) is 1. The Bertz CT molecular complexity index is 782. The molecular formula is C21H28N4O3. The molecule has 7 nitrogen and oxygen atoms in total. The third kappa shape index (κ3) is 5.28. The molecule has 1 unspecified atom stereocenters. The first-order valence-electron chi connectivity index (χ1n) is 9.53. The van der Waals surface area contributed by atoms with Crippen molar-refractivity contribution in [2.75, 3.05) is 29.9 Å². The van der Waals surface area contributed by atoms with Gasteiger partial charge >= 0.3 is 5.97 Å². The normalized spacial score (nSPS) is 16.2. The van der Waals surface area contributed by atoms with Gasteiger partial charge in [0.1, 0.15) is 6.29 Å². The van der Waals surface area contributed by atoms with Crippen LogP contribution in [0.15, 0.2) is 36.5 Å². The Kier molecular flexibility index (Phi) is 7.92. The predicted molar refractivity (Wildman–Crippen MR) is 110 cm³/mol. The number of aryl methyl sites for hydroxylation is 1. The van der Waals surface area contributed by atoms with Crippen molar-refractivity contribution < 1.29 is 14.7 Å². The summed E-state index contributed by atoms with van der Waals surface area (Å²) < 4.78 is 0. The number of pyridine rings is 2. The topological polar surface area (TPSA) is 86.6 Å². The van der Waals surface area contributed by atoms with Gasteiger partial charge in [0.2, 0.25) is 0 Å². The molecule has 0 aromatic carbocycles. The van der Waals surface area contributed by atoms with Gasteiger partial charge in [-0.2, -0.15) is 0 Å². The fraction of sp³-hybridized carbons (Fsp3) is 0.429. The summed E-state index contributed by atoms with van der Waals surface area (Å²) >= 11 is 0. The highest BCUT2D eigenvalue weighted by Gasteiger charge is 2.35. The number of aromatic nitrogens is 2. The molecule has 2 aliphatic heterocycles. The lowest BCUT2D eigenvalue weighted by Gasteiger charge is -2.34. The Balaban J connectivity index is 0.000000199. The number of hydrogen-bond donors (Lipinski definition) is 1. The van der Waals surface area contributed by atoms with Gasteiger partial charge in [-0.3, -0.25) is 4.98 Å². The molecule has 0 spiro atoms. The molecule has 0 saturated carbocycles. The molecule has 2 aromatic rings. The zero-order valence-electron chi connectivity index (χ0n) is 16.7. The van der Waals surface area contributed by atoms with Crippen molar-refractivity contribution in [2.45, 2.75) is 39.2 Å². The Morgan fingerprint density at radius 1 is 1.32 bits per heavy atom. The summed E-state index contributed by atoms with van der Waals surface area (Å²) in [5, 5.41) is 8.93. The van der Waals surface area contributed by atoms with Crippen molar-refractivity contribution in [3.05, 3.63) is 47.9 Å². The highest BCUT2D eigenvalue weighted by Crippen LogP contribution is 2.37. The van der Waals surface area contributed by atoms with E-state index in [2.05, 4.69) is 32.8 Å². The second kappa shape index (κ2) is 10.4. The summed E-state index contributed by atoms with van der Waals surface area (Å²) in [4.78, 5) is 32.4. The minimum atomic E-state index is -0.968. The third-order valence-electron chi connectivity index (χ3n) is 4.69. The second-order valence-electron chi connectivity index (χ2n) is 6.65. The molecule has 4 heterocycles. The highest BCUT2D eigenvalue weighted by atomic mass is 16.4. The molecule has 1 atom stereocenters. The fourth-order valence-corrected chi connectivity index (χ4v) is 3.32. The number of carbonyl (C=O) groups excluding carboxylic acids is 1. The van der Waals surface area contributed by atoms with Crippen molar-refractivity contribution in [2.24, 2.45) is 0 Å². The number of fused-ring (bicyclic) bond motifs is 4. The number of aldehydes is 1. The Hall–Kier alpha value is -2.96. The smallest absolute Gasteiger partial charge is 0.354 e. The molecule has 2 bridgehead atoms. The van der Waals surface area contributed by atoms with Crippen LogP contribution in [0.3, 0.4) is 0 Å². The van der Waals surface area contributed by atoms with E-state index in [1.165, 1.54) is 19.0 Å². The van der Waals surface area contributed by atoms with E-state index in [1.807, 2.05) is 31.4 Å². The SMILES string of the molecule is CC=O.CCCc1ccccn1.CN1c2nc(C(=O)O)ccc2N2CCC1C2. The second-order valence-corrected chi connectivity index (χ2v) is 6.65. The minimum absolute atomic E-state index is 0.119. The van der Waals surface area contributed by atoms with E-state index in [4.69, 9.17) is 9.90 Å². The van der Waals surface area contributed by atoms with Gasteiger partial charge in [0.25, 0.3) is 0 Å². The van der Waals surface area contributed by atoms with Crippen molar-refractivity contribution in [3.63, 3.8) is 0 Å². The number of carboxylic acids is 1. The van der Waals surface area contributed by atoms with Crippen LogP contribution in [0.1, 0.15) is 42.9 Å². The van der Waals surface area contributed by atoms with Crippen LogP contribution >= 0.6 is 0 Å². The first-order chi connectivity index (χ1) is 13.5. The zero-order chi connectivity index (χ0) is 20.5. The quantitative estimate of drug-likeness (QED) is 0.814. The van der Waals surface area contributed by atoms with Crippen molar-refractivity contribution >= 4 is 23.8 Å². The van der Waals surface area contributed by atoms with E-state index in [1.54, 1.807) is 6.07 Å². The van der Waals surface area contributed by atoms with Crippen LogP contribution in [-0.4, -0.2) is 53.5 Å². The minimum Gasteiger partial charge on any atom is -0.477 e. The molecule has 28 heavy (non-hydrogen) atoms. The summed E-state index contributed by atoms with van der Waals surface area (Å²) in [6.45, 7) is 5.67. The van der Waals surface area contributed by atoms with Crippen LogP contribution in [-0.2, 0) is 11.2 Å². The van der Waals surface area contributed by atoms with E-state index in [0.29, 0.717) is 6.04 Å². The molecule has 1 saturated heterocycles. The number of rotatable bonds is 3. The van der Waals surface area contributed by atoms with Gasteiger partial charge in [0.15, 0.2) is 11.5 Å². The summed E-state index contributed by atoms with van der Waals surface area (Å²) in [6, 6.07) is 9.95. The number of likely N-dealkylation sites (N-methyl/N-ethyl adjacent to an activating group) is 1. The Labute approximate surface area is 166 Å². The summed E-state index contributed by atoms with van der Waals surface area (Å²) in [6.07, 6.45) is 5.98. The Morgan fingerprint density at radius 2 is 2.07 bits per heavy atom. The molecule has 1 N–H and O–H groups in total. The number of hydrogen-bond acceptors (Lipinski definition) is 6. The number of anilines is 2. The van der Waals surface area contributed by atoms with Crippen molar-refractivity contribution in [1.29, 1.82) is 0 Å². The van der Waals surface area contributed by atoms with Crippen LogP contribution in [0.4, 0.5) is 11.5 Å². The third-order valence-corrected chi connectivity index (χ3v) is 4.69. The van der Waals surface area contributed by atoms with E-state index < -0.39 is 5.97 Å². The lowest BCUT2D eigenvalue weighted by atomic mass is 10.2. The van der Waals surface area contributed by atoms with Gasteiger partial charge < -0.3 is 19.7 Å². The number of nitrogens with zero attached hydrogens (tertiary/aromatic N) is 4. The standard InChI is InChI=1S/C11H13N3O2.C8H11N.C2H4O/c1-13-7-4-5-14(6-7)9-3-2-8(11(15)16)12-10(9)13;1-2-5-8-6-3-4-7-9-8;1-2-3/h2-3,7H,4-6H2,1H3,(H,15,16);3-4,6-7H,2,5H2,1H3;2H,1H3. The van der Waals surface area contributed by atoms with Gasteiger partial charge in [0, 0.05) is 38.1 Å². The average molecular weight is 384 g/mol. The van der Waals surface area contributed by atoms with Gasteiger partial charge in [-0.1, -0.05) is 19.4 Å². The van der Waals surface area contributed by atoms with Crippen LogP contribution < -0.4 is 9.80 Å². The lowest BCUT2D eigenvalue weighted by Crippen LogP contribution is -2.40. The largest absolute Gasteiger partial charge is 0.477 e. The van der Waals surface area contributed by atoms with E-state index in [9.17, 15) is 4.79 Å². The lowest BCUT2D eigenvalue weighted by molar-refractivity contribution is -0.106. The van der Waals surface area contributed by atoms with E-state index >= 15 is 0 Å².